The van der Waals surface area contributed by atoms with Crippen molar-refractivity contribution in [3.8, 4) is 0 Å². The lowest BCUT2D eigenvalue weighted by molar-refractivity contribution is 0.0943. The molecule has 0 bridgehead atoms. The Morgan fingerprint density at radius 3 is 2.31 bits per heavy atom. The molecule has 0 saturated carbocycles. The first-order valence-corrected chi connectivity index (χ1v) is 9.35. The Kier molecular flexibility index (Phi) is 6.68. The van der Waals surface area contributed by atoms with Crippen molar-refractivity contribution in [1.82, 2.24) is 15.6 Å². The number of aromatic nitrogens is 1. The topological polar surface area (TPSA) is 71.1 Å². The van der Waals surface area contributed by atoms with Crippen LogP contribution in [0.3, 0.4) is 0 Å². The van der Waals surface area contributed by atoms with Crippen molar-refractivity contribution in [2.24, 2.45) is 0 Å². The molecule has 1 aromatic heterocycles. The first-order chi connectivity index (χ1) is 14.0. The van der Waals surface area contributed by atoms with E-state index in [-0.39, 0.29) is 29.7 Å². The van der Waals surface area contributed by atoms with Gasteiger partial charge in [-0.05, 0) is 42.7 Å². The number of carbonyl (C=O) groups is 2. The van der Waals surface area contributed by atoms with Gasteiger partial charge in [-0.2, -0.15) is 0 Å². The molecule has 148 valence electrons. The summed E-state index contributed by atoms with van der Waals surface area (Å²) in [6.45, 7) is 2.63. The zero-order chi connectivity index (χ0) is 20.6. The Morgan fingerprint density at radius 2 is 1.59 bits per heavy atom. The largest absolute Gasteiger partial charge is 0.350 e. The van der Waals surface area contributed by atoms with E-state index in [1.165, 1.54) is 12.1 Å². The number of hydrogen-bond donors (Lipinski definition) is 2. The van der Waals surface area contributed by atoms with E-state index in [0.717, 1.165) is 11.1 Å². The molecule has 2 amide bonds. The van der Waals surface area contributed by atoms with Crippen LogP contribution in [-0.2, 0) is 13.0 Å². The molecule has 0 radical (unpaired) electrons. The van der Waals surface area contributed by atoms with E-state index in [1.54, 1.807) is 30.3 Å². The third kappa shape index (κ3) is 5.72. The average Bonchev–Trinajstić information content (AvgIpc) is 2.73. The molecule has 6 heteroatoms. The summed E-state index contributed by atoms with van der Waals surface area (Å²) in [4.78, 5) is 28.8. The van der Waals surface area contributed by atoms with E-state index in [2.05, 4.69) is 15.6 Å². The molecule has 0 atom stereocenters. The monoisotopic (exact) mass is 391 g/mol. The first kappa shape index (κ1) is 20.2. The van der Waals surface area contributed by atoms with Gasteiger partial charge in [-0.25, -0.2) is 9.37 Å². The van der Waals surface area contributed by atoms with E-state index in [0.29, 0.717) is 18.5 Å². The number of aryl methyl sites for hydroxylation is 1. The minimum absolute atomic E-state index is 0.140. The maximum atomic E-state index is 13.6. The number of nitrogens with zero attached hydrogens (tertiary/aromatic N) is 1. The molecule has 0 spiro atoms. The van der Waals surface area contributed by atoms with Gasteiger partial charge in [0.15, 0.2) is 0 Å². The van der Waals surface area contributed by atoms with E-state index in [4.69, 9.17) is 0 Å². The van der Waals surface area contributed by atoms with Crippen LogP contribution in [0, 0.1) is 12.7 Å². The molecule has 0 aliphatic heterocycles. The lowest BCUT2D eigenvalue weighted by atomic mass is 10.1. The molecule has 0 saturated heterocycles. The predicted octanol–water partition coefficient (Wildman–Crippen LogP) is 3.43. The van der Waals surface area contributed by atoms with Crippen LogP contribution in [-0.4, -0.2) is 23.3 Å². The highest BCUT2D eigenvalue weighted by Crippen LogP contribution is 2.07. The zero-order valence-corrected chi connectivity index (χ0v) is 16.1. The Bertz CT molecular complexity index is 1020. The number of pyridine rings is 1. The van der Waals surface area contributed by atoms with Gasteiger partial charge in [-0.15, -0.1) is 0 Å². The quantitative estimate of drug-likeness (QED) is 0.648. The predicted molar refractivity (Wildman–Crippen MR) is 109 cm³/mol. The number of halogens is 1. The van der Waals surface area contributed by atoms with Crippen molar-refractivity contribution >= 4 is 11.8 Å². The molecule has 2 N–H and O–H groups in total. The number of hydrogen-bond acceptors (Lipinski definition) is 3. The Hall–Kier alpha value is -3.54. The van der Waals surface area contributed by atoms with Crippen LogP contribution in [0.1, 0.15) is 37.7 Å². The molecule has 0 aliphatic carbocycles. The van der Waals surface area contributed by atoms with E-state index in [9.17, 15) is 14.0 Å². The number of nitrogens with one attached hydrogen (secondary N) is 2. The molecule has 3 rings (SSSR count). The summed E-state index contributed by atoms with van der Waals surface area (Å²) in [7, 11) is 0. The zero-order valence-electron chi connectivity index (χ0n) is 16.1. The highest BCUT2D eigenvalue weighted by molar-refractivity contribution is 5.96. The number of amides is 2. The van der Waals surface area contributed by atoms with Crippen LogP contribution >= 0.6 is 0 Å². The summed E-state index contributed by atoms with van der Waals surface area (Å²) >= 11 is 0. The van der Waals surface area contributed by atoms with Gasteiger partial charge in [0.05, 0.1) is 0 Å². The maximum Gasteiger partial charge on any atom is 0.270 e. The van der Waals surface area contributed by atoms with Crippen molar-refractivity contribution in [3.05, 3.63) is 101 Å². The van der Waals surface area contributed by atoms with Crippen LogP contribution < -0.4 is 10.6 Å². The summed E-state index contributed by atoms with van der Waals surface area (Å²) in [6.07, 6.45) is 0.370. The second-order valence-electron chi connectivity index (χ2n) is 6.68. The van der Waals surface area contributed by atoms with Crippen molar-refractivity contribution in [3.63, 3.8) is 0 Å². The van der Waals surface area contributed by atoms with Crippen LogP contribution in [0.15, 0.2) is 66.7 Å². The van der Waals surface area contributed by atoms with Crippen LogP contribution in [0.25, 0.3) is 0 Å². The second-order valence-corrected chi connectivity index (χ2v) is 6.68. The Morgan fingerprint density at radius 1 is 0.897 bits per heavy atom. The van der Waals surface area contributed by atoms with Crippen molar-refractivity contribution in [2.75, 3.05) is 6.54 Å². The molecule has 2 aromatic carbocycles. The maximum absolute atomic E-state index is 13.6. The van der Waals surface area contributed by atoms with Gasteiger partial charge in [0.1, 0.15) is 17.2 Å². The van der Waals surface area contributed by atoms with E-state index >= 15 is 0 Å². The lowest BCUT2D eigenvalue weighted by Crippen LogP contribution is -2.28. The third-order valence-electron chi connectivity index (χ3n) is 4.39. The van der Waals surface area contributed by atoms with Crippen molar-refractivity contribution < 1.29 is 14.0 Å². The number of carbonyl (C=O) groups excluding carboxylic acids is 2. The minimum Gasteiger partial charge on any atom is -0.350 e. The van der Waals surface area contributed by atoms with Gasteiger partial charge in [-0.3, -0.25) is 9.59 Å². The molecule has 3 aromatic rings. The second kappa shape index (κ2) is 9.59. The fourth-order valence-electron chi connectivity index (χ4n) is 2.89. The van der Waals surface area contributed by atoms with E-state index in [1.807, 2.05) is 31.2 Å². The summed E-state index contributed by atoms with van der Waals surface area (Å²) in [5.74, 6) is -1.06. The number of rotatable bonds is 7. The smallest absolute Gasteiger partial charge is 0.270 e. The van der Waals surface area contributed by atoms with E-state index < -0.39 is 5.91 Å². The van der Waals surface area contributed by atoms with Gasteiger partial charge < -0.3 is 10.6 Å². The molecule has 5 nitrogen and oxygen atoms in total. The fraction of sp³-hybridized carbons (Fsp3) is 0.174. The average molecular weight is 391 g/mol. The van der Waals surface area contributed by atoms with Crippen molar-refractivity contribution in [1.29, 1.82) is 0 Å². The summed E-state index contributed by atoms with van der Waals surface area (Å²) in [5, 5.41) is 5.51. The lowest BCUT2D eigenvalue weighted by Gasteiger charge is -2.08. The van der Waals surface area contributed by atoms with Crippen molar-refractivity contribution in [2.45, 2.75) is 19.9 Å². The molecule has 0 unspecified atom stereocenters. The van der Waals surface area contributed by atoms with Gasteiger partial charge in [0, 0.05) is 13.1 Å². The molecule has 29 heavy (non-hydrogen) atoms. The highest BCUT2D eigenvalue weighted by atomic mass is 19.1. The van der Waals surface area contributed by atoms with Crippen LogP contribution in [0.4, 0.5) is 4.39 Å². The normalized spacial score (nSPS) is 10.4. The molecule has 0 aliphatic rings. The number of benzene rings is 2. The molecular formula is C23H22FN3O2. The minimum atomic E-state index is -0.408. The first-order valence-electron chi connectivity index (χ1n) is 9.35. The molecule has 1 heterocycles. The molecular weight excluding hydrogens is 369 g/mol. The standard InChI is InChI=1S/C23H22FN3O2/c1-16-6-4-7-17(14-16)15-26-23(29)21-11-5-10-20(27-21)22(28)25-13-12-18-8-2-3-9-19(18)24/h2-11,14H,12-13,15H2,1H3,(H,25,28)(H,26,29). The van der Waals surface area contributed by atoms with Gasteiger partial charge in [0.2, 0.25) is 0 Å². The molecule has 0 fully saturated rings. The summed E-state index contributed by atoms with van der Waals surface area (Å²) < 4.78 is 13.6. The van der Waals surface area contributed by atoms with Gasteiger partial charge in [-0.1, -0.05) is 54.1 Å². The summed E-state index contributed by atoms with van der Waals surface area (Å²) in [6, 6.07) is 19.0. The summed E-state index contributed by atoms with van der Waals surface area (Å²) in [5.41, 5.74) is 2.94. The van der Waals surface area contributed by atoms with Gasteiger partial charge >= 0.3 is 0 Å². The third-order valence-corrected chi connectivity index (χ3v) is 4.39. The Balaban J connectivity index is 1.55. The fourth-order valence-corrected chi connectivity index (χ4v) is 2.89. The van der Waals surface area contributed by atoms with Crippen LogP contribution in [0.2, 0.25) is 0 Å². The van der Waals surface area contributed by atoms with Gasteiger partial charge in [0.25, 0.3) is 11.8 Å². The Labute approximate surface area is 169 Å². The highest BCUT2D eigenvalue weighted by Gasteiger charge is 2.12. The SMILES string of the molecule is Cc1cccc(CNC(=O)c2cccc(C(=O)NCCc3ccccc3F)n2)c1. The van der Waals surface area contributed by atoms with Crippen LogP contribution in [0.5, 0.6) is 0 Å².